The van der Waals surface area contributed by atoms with Crippen molar-refractivity contribution in [3.63, 3.8) is 0 Å². The number of likely N-dealkylation sites (tertiary alicyclic amines) is 1. The third kappa shape index (κ3) is 5.98. The van der Waals surface area contributed by atoms with E-state index in [1.807, 2.05) is 48.5 Å². The normalized spacial score (nSPS) is 22.5. The molecule has 0 aliphatic carbocycles. The lowest BCUT2D eigenvalue weighted by Gasteiger charge is -2.43. The summed E-state index contributed by atoms with van der Waals surface area (Å²) in [5.74, 6) is -0.831. The number of nitrogens with two attached hydrogens (primary N) is 1. The van der Waals surface area contributed by atoms with Gasteiger partial charge in [-0.2, -0.15) is 0 Å². The monoisotopic (exact) mass is 508 g/mol. The van der Waals surface area contributed by atoms with E-state index in [4.69, 9.17) is 10.5 Å². The maximum absolute atomic E-state index is 13.8. The van der Waals surface area contributed by atoms with Crippen molar-refractivity contribution >= 4 is 17.7 Å². The molecule has 2 aliphatic heterocycles. The Morgan fingerprint density at radius 1 is 1.24 bits per heavy atom. The smallest absolute Gasteiger partial charge is 0.247 e. The predicted molar refractivity (Wildman–Crippen MR) is 138 cm³/mol. The van der Waals surface area contributed by atoms with Crippen molar-refractivity contribution in [2.75, 3.05) is 26.7 Å². The summed E-state index contributed by atoms with van der Waals surface area (Å²) in [7, 11) is 1.71. The maximum atomic E-state index is 13.8. The first-order valence-corrected chi connectivity index (χ1v) is 12.5. The van der Waals surface area contributed by atoms with Crippen molar-refractivity contribution in [1.29, 1.82) is 0 Å². The zero-order valence-electron chi connectivity index (χ0n) is 21.6. The van der Waals surface area contributed by atoms with Gasteiger partial charge in [0.15, 0.2) is 0 Å². The van der Waals surface area contributed by atoms with Crippen LogP contribution in [0, 0.1) is 5.41 Å². The Morgan fingerprint density at radius 3 is 2.65 bits per heavy atom. The van der Waals surface area contributed by atoms with Crippen LogP contribution in [0.5, 0.6) is 0 Å². The number of benzene rings is 1. The summed E-state index contributed by atoms with van der Waals surface area (Å²) >= 11 is 0. The van der Waals surface area contributed by atoms with Crippen LogP contribution >= 0.6 is 0 Å². The van der Waals surface area contributed by atoms with Gasteiger partial charge in [-0.05, 0) is 38.0 Å². The standard InChI is InChI=1S/C27H36N6O4/c1-26(2,28)24(35)30-21(17-37-16-19-9-5-4-6-10-19)23(34)33-14-12-22-27(18-33,25(36)32(3)31-22)15-20-11-7-8-13-29-20/h4-11,13,21-22,31H,12,14-18,28H2,1-3H3,(H,30,35)/t21-,22?,27?/m1/s1. The van der Waals surface area contributed by atoms with E-state index in [-0.39, 0.29) is 31.0 Å². The largest absolute Gasteiger partial charge is 0.374 e. The number of carbonyl (C=O) groups is 3. The van der Waals surface area contributed by atoms with Crippen molar-refractivity contribution in [3.05, 3.63) is 66.0 Å². The summed E-state index contributed by atoms with van der Waals surface area (Å²) in [6.07, 6.45) is 2.69. The summed E-state index contributed by atoms with van der Waals surface area (Å²) in [6, 6.07) is 14.1. The first kappa shape index (κ1) is 26.7. The van der Waals surface area contributed by atoms with Gasteiger partial charge in [0.2, 0.25) is 17.7 Å². The second kappa shape index (κ2) is 11.0. The quantitative estimate of drug-likeness (QED) is 0.453. The number of rotatable bonds is 9. The van der Waals surface area contributed by atoms with Gasteiger partial charge in [-0.15, -0.1) is 0 Å². The molecule has 2 unspecified atom stereocenters. The molecule has 2 saturated heterocycles. The highest BCUT2D eigenvalue weighted by atomic mass is 16.5. The van der Waals surface area contributed by atoms with Crippen molar-refractivity contribution in [2.24, 2.45) is 11.1 Å². The van der Waals surface area contributed by atoms with Gasteiger partial charge in [-0.25, -0.2) is 5.43 Å². The number of amides is 3. The summed E-state index contributed by atoms with van der Waals surface area (Å²) < 4.78 is 5.85. The molecule has 37 heavy (non-hydrogen) atoms. The molecule has 3 amide bonds. The Labute approximate surface area is 217 Å². The van der Waals surface area contributed by atoms with Gasteiger partial charge in [-0.3, -0.25) is 24.4 Å². The van der Waals surface area contributed by atoms with E-state index in [1.54, 1.807) is 32.0 Å². The lowest BCUT2D eigenvalue weighted by atomic mass is 9.72. The molecule has 4 rings (SSSR count). The Hall–Kier alpha value is -3.34. The molecule has 0 radical (unpaired) electrons. The second-order valence-corrected chi connectivity index (χ2v) is 10.5. The number of aromatic nitrogens is 1. The fourth-order valence-electron chi connectivity index (χ4n) is 5.00. The van der Waals surface area contributed by atoms with E-state index in [9.17, 15) is 14.4 Å². The van der Waals surface area contributed by atoms with Gasteiger partial charge in [-0.1, -0.05) is 36.4 Å². The third-order valence-electron chi connectivity index (χ3n) is 7.03. The number of fused-ring (bicyclic) bond motifs is 1. The summed E-state index contributed by atoms with van der Waals surface area (Å²) in [4.78, 5) is 46.1. The fraction of sp³-hybridized carbons (Fsp3) is 0.481. The van der Waals surface area contributed by atoms with E-state index in [2.05, 4.69) is 15.7 Å². The Morgan fingerprint density at radius 2 is 1.97 bits per heavy atom. The van der Waals surface area contributed by atoms with Crippen molar-refractivity contribution in [1.82, 2.24) is 25.6 Å². The van der Waals surface area contributed by atoms with Gasteiger partial charge >= 0.3 is 0 Å². The number of nitrogens with zero attached hydrogens (tertiary/aromatic N) is 3. The molecule has 0 saturated carbocycles. The molecule has 1 aromatic carbocycles. The fourth-order valence-corrected chi connectivity index (χ4v) is 5.00. The predicted octanol–water partition coefficient (Wildman–Crippen LogP) is 0.627. The third-order valence-corrected chi connectivity index (χ3v) is 7.03. The molecular weight excluding hydrogens is 472 g/mol. The highest BCUT2D eigenvalue weighted by Crippen LogP contribution is 2.39. The average Bonchev–Trinajstić information content (AvgIpc) is 3.12. The highest BCUT2D eigenvalue weighted by Gasteiger charge is 2.56. The molecule has 0 spiro atoms. The average molecular weight is 509 g/mol. The number of ether oxygens (including phenoxy) is 1. The maximum Gasteiger partial charge on any atom is 0.247 e. The zero-order chi connectivity index (χ0) is 26.6. The molecule has 10 nitrogen and oxygen atoms in total. The van der Waals surface area contributed by atoms with Gasteiger partial charge < -0.3 is 20.7 Å². The van der Waals surface area contributed by atoms with Crippen LogP contribution in [0.25, 0.3) is 0 Å². The number of piperidine rings is 1. The number of hydrazine groups is 1. The number of carbonyl (C=O) groups excluding carboxylic acids is 3. The minimum Gasteiger partial charge on any atom is -0.374 e. The zero-order valence-corrected chi connectivity index (χ0v) is 21.6. The van der Waals surface area contributed by atoms with Gasteiger partial charge in [0.05, 0.1) is 24.2 Å². The van der Waals surface area contributed by atoms with Crippen LogP contribution in [0.3, 0.4) is 0 Å². The molecule has 4 N–H and O–H groups in total. The minimum atomic E-state index is -1.17. The first-order chi connectivity index (χ1) is 17.6. The molecule has 2 aromatic rings. The van der Waals surface area contributed by atoms with Crippen LogP contribution in [0.15, 0.2) is 54.7 Å². The van der Waals surface area contributed by atoms with Crippen LogP contribution in [0.2, 0.25) is 0 Å². The molecule has 2 fully saturated rings. The lowest BCUT2D eigenvalue weighted by molar-refractivity contribution is -0.146. The van der Waals surface area contributed by atoms with Crippen molar-refractivity contribution < 1.29 is 19.1 Å². The van der Waals surface area contributed by atoms with Crippen LogP contribution < -0.4 is 16.5 Å². The number of hydrogen-bond donors (Lipinski definition) is 3. The Bertz CT molecular complexity index is 1110. The molecule has 2 aliphatic rings. The first-order valence-electron chi connectivity index (χ1n) is 12.5. The molecule has 0 bridgehead atoms. The van der Waals surface area contributed by atoms with Crippen LogP contribution in [-0.4, -0.2) is 77.0 Å². The van der Waals surface area contributed by atoms with Crippen molar-refractivity contribution in [2.45, 2.75) is 50.9 Å². The lowest BCUT2D eigenvalue weighted by Crippen LogP contribution is -2.62. The molecule has 198 valence electrons. The van der Waals surface area contributed by atoms with Crippen LogP contribution in [-0.2, 0) is 32.1 Å². The highest BCUT2D eigenvalue weighted by molar-refractivity contribution is 5.92. The number of pyridine rings is 1. The SMILES string of the molecule is CN1NC2CCN(C(=O)[C@@H](COCc3ccccc3)NC(=O)C(C)(C)N)CC2(Cc2ccccn2)C1=O. The summed E-state index contributed by atoms with van der Waals surface area (Å²) in [5.41, 5.74) is 8.98. The Balaban J connectivity index is 1.53. The van der Waals surface area contributed by atoms with Crippen LogP contribution in [0.1, 0.15) is 31.5 Å². The van der Waals surface area contributed by atoms with Crippen molar-refractivity contribution in [3.8, 4) is 0 Å². The minimum absolute atomic E-state index is 0.0190. The molecule has 3 atom stereocenters. The van der Waals surface area contributed by atoms with E-state index in [0.29, 0.717) is 26.0 Å². The van der Waals surface area contributed by atoms with E-state index in [0.717, 1.165) is 11.3 Å². The summed E-state index contributed by atoms with van der Waals surface area (Å²) in [5, 5.41) is 4.29. The summed E-state index contributed by atoms with van der Waals surface area (Å²) in [6.45, 7) is 4.10. The molecular formula is C27H36N6O4. The van der Waals surface area contributed by atoms with E-state index >= 15 is 0 Å². The number of hydrogen-bond acceptors (Lipinski definition) is 7. The van der Waals surface area contributed by atoms with Gasteiger partial charge in [0.25, 0.3) is 0 Å². The second-order valence-electron chi connectivity index (χ2n) is 10.5. The van der Waals surface area contributed by atoms with Crippen LogP contribution in [0.4, 0.5) is 0 Å². The molecule has 10 heteroatoms. The van der Waals surface area contributed by atoms with Gasteiger partial charge in [0, 0.05) is 44.5 Å². The Kier molecular flexibility index (Phi) is 7.91. The molecule has 3 heterocycles. The molecule has 1 aromatic heterocycles. The van der Waals surface area contributed by atoms with E-state index < -0.39 is 22.9 Å². The van der Waals surface area contributed by atoms with E-state index in [1.165, 1.54) is 5.01 Å². The van der Waals surface area contributed by atoms with Gasteiger partial charge in [0.1, 0.15) is 6.04 Å². The topological polar surface area (TPSA) is 130 Å². The number of nitrogens with one attached hydrogen (secondary N) is 2.